The van der Waals surface area contributed by atoms with Crippen LogP contribution in [0.25, 0.3) is 0 Å². The number of amides is 1. The molecule has 0 aliphatic heterocycles. The summed E-state index contributed by atoms with van der Waals surface area (Å²) < 4.78 is 23.9. The molecule has 0 aliphatic rings. The van der Waals surface area contributed by atoms with Gasteiger partial charge in [0, 0.05) is 20.5 Å². The summed E-state index contributed by atoms with van der Waals surface area (Å²) in [5.74, 6) is -0.482. The molecule has 5 nitrogen and oxygen atoms in total. The normalized spacial score (nSPS) is 11.3. The molecular formula is C11H15ClN2O3S. The van der Waals surface area contributed by atoms with Gasteiger partial charge in [0.1, 0.15) is 0 Å². The molecule has 7 heteroatoms. The van der Waals surface area contributed by atoms with Crippen LogP contribution in [0.5, 0.6) is 0 Å². The van der Waals surface area contributed by atoms with E-state index in [1.54, 1.807) is 14.1 Å². The third-order valence-corrected chi connectivity index (χ3v) is 4.46. The average molecular weight is 291 g/mol. The molecule has 1 rings (SSSR count). The van der Waals surface area contributed by atoms with E-state index in [9.17, 15) is 13.2 Å². The van der Waals surface area contributed by atoms with Gasteiger partial charge in [-0.3, -0.25) is 4.79 Å². The monoisotopic (exact) mass is 290 g/mol. The molecule has 100 valence electrons. The third kappa shape index (κ3) is 3.61. The number of sulfone groups is 1. The highest BCUT2D eigenvalue weighted by Gasteiger charge is 2.18. The number of hydrogen-bond donors (Lipinski definition) is 1. The van der Waals surface area contributed by atoms with Crippen LogP contribution in [0.2, 0.25) is 5.02 Å². The minimum absolute atomic E-state index is 0.0582. The van der Waals surface area contributed by atoms with Gasteiger partial charge in [-0.1, -0.05) is 11.6 Å². The van der Waals surface area contributed by atoms with Crippen LogP contribution in [-0.4, -0.2) is 39.1 Å². The van der Waals surface area contributed by atoms with Crippen molar-refractivity contribution in [3.8, 4) is 0 Å². The third-order valence-electron chi connectivity index (χ3n) is 2.41. The van der Waals surface area contributed by atoms with Crippen LogP contribution < -0.4 is 5.73 Å². The first-order chi connectivity index (χ1) is 8.24. The molecule has 0 radical (unpaired) electrons. The van der Waals surface area contributed by atoms with Crippen LogP contribution in [0.3, 0.4) is 0 Å². The van der Waals surface area contributed by atoms with E-state index in [1.165, 1.54) is 23.1 Å². The topological polar surface area (TPSA) is 80.5 Å². The second-order valence-electron chi connectivity index (χ2n) is 4.04. The summed E-state index contributed by atoms with van der Waals surface area (Å²) in [5.41, 5.74) is 5.83. The highest BCUT2D eigenvalue weighted by molar-refractivity contribution is 7.91. The molecule has 18 heavy (non-hydrogen) atoms. The Labute approximate surface area is 111 Å². The number of nitrogen functional groups attached to an aromatic ring is 1. The highest BCUT2D eigenvalue weighted by Crippen LogP contribution is 2.23. The summed E-state index contributed by atoms with van der Waals surface area (Å²) in [6, 6.07) is 4.12. The van der Waals surface area contributed by atoms with Gasteiger partial charge in [-0.25, -0.2) is 8.42 Å². The molecule has 0 atom stereocenters. The summed E-state index contributed by atoms with van der Waals surface area (Å²) in [6.45, 7) is 0. The van der Waals surface area contributed by atoms with E-state index in [4.69, 9.17) is 17.3 Å². The summed E-state index contributed by atoms with van der Waals surface area (Å²) >= 11 is 5.77. The van der Waals surface area contributed by atoms with Crippen molar-refractivity contribution in [1.29, 1.82) is 0 Å². The maximum atomic E-state index is 12.0. The second-order valence-corrected chi connectivity index (χ2v) is 6.56. The van der Waals surface area contributed by atoms with Crippen LogP contribution in [0.1, 0.15) is 6.42 Å². The number of benzene rings is 1. The van der Waals surface area contributed by atoms with E-state index in [2.05, 4.69) is 0 Å². The zero-order valence-corrected chi connectivity index (χ0v) is 11.8. The zero-order valence-electron chi connectivity index (χ0n) is 10.2. The first-order valence-corrected chi connectivity index (χ1v) is 7.25. The number of hydrogen-bond acceptors (Lipinski definition) is 4. The number of carbonyl (C=O) groups excluding carboxylic acids is 1. The van der Waals surface area contributed by atoms with Gasteiger partial charge in [-0.2, -0.15) is 0 Å². The SMILES string of the molecule is CN(C)C(=O)CCS(=O)(=O)c1ccc(N)c(Cl)c1. The second kappa shape index (κ2) is 5.58. The van der Waals surface area contributed by atoms with Gasteiger partial charge in [0.25, 0.3) is 0 Å². The van der Waals surface area contributed by atoms with E-state index in [-0.39, 0.29) is 28.0 Å². The molecule has 1 aromatic rings. The molecule has 0 unspecified atom stereocenters. The van der Waals surface area contributed by atoms with Crippen LogP contribution in [0.15, 0.2) is 23.1 Å². The number of nitrogens with two attached hydrogens (primary N) is 1. The number of halogens is 1. The van der Waals surface area contributed by atoms with E-state index in [0.717, 1.165) is 0 Å². The largest absolute Gasteiger partial charge is 0.398 e. The van der Waals surface area contributed by atoms with Crippen LogP contribution in [0.4, 0.5) is 5.69 Å². The van der Waals surface area contributed by atoms with Crippen molar-refractivity contribution < 1.29 is 13.2 Å². The van der Waals surface area contributed by atoms with Gasteiger partial charge in [0.15, 0.2) is 9.84 Å². The molecular weight excluding hydrogens is 276 g/mol. The Hall–Kier alpha value is -1.27. The summed E-state index contributed by atoms with van der Waals surface area (Å²) in [5, 5.41) is 0.190. The fourth-order valence-corrected chi connectivity index (χ4v) is 2.76. The smallest absolute Gasteiger partial charge is 0.223 e. The van der Waals surface area contributed by atoms with Crippen LogP contribution in [-0.2, 0) is 14.6 Å². The molecule has 0 saturated heterocycles. The standard InChI is InChI=1S/C11H15ClN2O3S/c1-14(2)11(15)5-6-18(16,17)8-3-4-10(13)9(12)7-8/h3-4,7H,5-6,13H2,1-2H3. The lowest BCUT2D eigenvalue weighted by Gasteiger charge is -2.10. The average Bonchev–Trinajstić information content (AvgIpc) is 2.29. The Morgan fingerprint density at radius 1 is 1.39 bits per heavy atom. The minimum Gasteiger partial charge on any atom is -0.398 e. The Bertz CT molecular complexity index is 555. The quantitative estimate of drug-likeness (QED) is 0.844. The number of carbonyl (C=O) groups is 1. The van der Waals surface area contributed by atoms with Gasteiger partial charge in [0.2, 0.25) is 5.91 Å². The van der Waals surface area contributed by atoms with Crippen LogP contribution in [0, 0.1) is 0 Å². The van der Waals surface area contributed by atoms with Crippen molar-refractivity contribution in [2.75, 3.05) is 25.6 Å². The molecule has 0 saturated carbocycles. The van der Waals surface area contributed by atoms with E-state index < -0.39 is 9.84 Å². The van der Waals surface area contributed by atoms with E-state index >= 15 is 0 Å². The zero-order chi connectivity index (χ0) is 13.9. The molecule has 0 aromatic heterocycles. The lowest BCUT2D eigenvalue weighted by Crippen LogP contribution is -2.24. The summed E-state index contributed by atoms with van der Waals surface area (Å²) in [6.07, 6.45) is -0.0582. The van der Waals surface area contributed by atoms with Crippen molar-refractivity contribution in [1.82, 2.24) is 4.90 Å². The predicted octanol–water partition coefficient (Wildman–Crippen LogP) is 1.17. The number of nitrogens with zero attached hydrogens (tertiary/aromatic N) is 1. The maximum Gasteiger partial charge on any atom is 0.223 e. The number of rotatable bonds is 4. The summed E-state index contributed by atoms with van der Waals surface area (Å²) in [7, 11) is -0.359. The van der Waals surface area contributed by atoms with Crippen molar-refractivity contribution in [2.45, 2.75) is 11.3 Å². The fourth-order valence-electron chi connectivity index (χ4n) is 1.26. The fraction of sp³-hybridized carbons (Fsp3) is 0.364. The Balaban J connectivity index is 2.87. The van der Waals surface area contributed by atoms with Crippen molar-refractivity contribution in [3.05, 3.63) is 23.2 Å². The molecule has 0 aliphatic carbocycles. The highest BCUT2D eigenvalue weighted by atomic mass is 35.5. The van der Waals surface area contributed by atoms with Crippen molar-refractivity contribution in [3.63, 3.8) is 0 Å². The molecule has 0 heterocycles. The van der Waals surface area contributed by atoms with Crippen molar-refractivity contribution in [2.24, 2.45) is 0 Å². The lowest BCUT2D eigenvalue weighted by molar-refractivity contribution is -0.128. The number of anilines is 1. The van der Waals surface area contributed by atoms with Gasteiger partial charge in [-0.15, -0.1) is 0 Å². The molecule has 0 spiro atoms. The molecule has 1 amide bonds. The van der Waals surface area contributed by atoms with Crippen LogP contribution >= 0.6 is 11.6 Å². The van der Waals surface area contributed by atoms with Gasteiger partial charge < -0.3 is 10.6 Å². The molecule has 2 N–H and O–H groups in total. The molecule has 0 bridgehead atoms. The van der Waals surface area contributed by atoms with Gasteiger partial charge in [0.05, 0.1) is 21.4 Å². The van der Waals surface area contributed by atoms with Gasteiger partial charge >= 0.3 is 0 Å². The van der Waals surface area contributed by atoms with Crippen molar-refractivity contribution >= 4 is 33.0 Å². The van der Waals surface area contributed by atoms with Gasteiger partial charge in [-0.05, 0) is 18.2 Å². The van der Waals surface area contributed by atoms with E-state index in [0.29, 0.717) is 5.69 Å². The first kappa shape index (κ1) is 14.8. The molecule has 1 aromatic carbocycles. The first-order valence-electron chi connectivity index (χ1n) is 5.22. The Kier molecular flexibility index (Phi) is 4.59. The Morgan fingerprint density at radius 2 is 2.00 bits per heavy atom. The molecule has 0 fully saturated rings. The minimum atomic E-state index is -3.52. The Morgan fingerprint density at radius 3 is 2.50 bits per heavy atom. The van der Waals surface area contributed by atoms with E-state index in [1.807, 2.05) is 0 Å². The summed E-state index contributed by atoms with van der Waals surface area (Å²) in [4.78, 5) is 12.8. The predicted molar refractivity (Wildman–Crippen MR) is 71.2 cm³/mol. The maximum absolute atomic E-state index is 12.0. The lowest BCUT2D eigenvalue weighted by atomic mass is 10.3.